The van der Waals surface area contributed by atoms with Crippen LogP contribution in [0.2, 0.25) is 0 Å². The van der Waals surface area contributed by atoms with Gasteiger partial charge in [0.1, 0.15) is 5.82 Å². The lowest BCUT2D eigenvalue weighted by atomic mass is 9.72. The highest BCUT2D eigenvalue weighted by molar-refractivity contribution is 5.76. The zero-order chi connectivity index (χ0) is 26.8. The minimum Gasteiger partial charge on any atom is -0.480 e. The molecule has 4 heterocycles. The number of hydrogen-bond acceptors (Lipinski definition) is 5. The highest BCUT2D eigenvalue weighted by Gasteiger charge is 2.37. The monoisotopic (exact) mass is 535 g/mol. The van der Waals surface area contributed by atoms with Gasteiger partial charge in [-0.25, -0.2) is 4.98 Å². The zero-order valence-corrected chi connectivity index (χ0v) is 23.9. The number of benzene rings is 1. The number of piperidine rings is 2. The largest absolute Gasteiger partial charge is 0.480 e. The Kier molecular flexibility index (Phi) is 8.57. The molecule has 4 atom stereocenters. The number of carboxylic acid groups (broad SMARTS) is 1. The number of imidazole rings is 1. The first-order valence-corrected chi connectivity index (χ1v) is 15.9. The van der Waals surface area contributed by atoms with E-state index in [9.17, 15) is 4.79 Å². The number of piperazine rings is 1. The number of carboxylic acids is 1. The zero-order valence-electron chi connectivity index (χ0n) is 23.9. The summed E-state index contributed by atoms with van der Waals surface area (Å²) in [5.74, 6) is 3.47. The first-order chi connectivity index (χ1) is 19.0. The van der Waals surface area contributed by atoms with E-state index in [1.807, 2.05) is 4.90 Å². The van der Waals surface area contributed by atoms with Crippen molar-refractivity contribution in [1.29, 1.82) is 0 Å². The van der Waals surface area contributed by atoms with Gasteiger partial charge in [0.05, 0.1) is 24.1 Å². The molecule has 214 valence electrons. The number of nitrogens with one attached hydrogen (secondary N) is 1. The van der Waals surface area contributed by atoms with E-state index in [2.05, 4.69) is 46.0 Å². The highest BCUT2D eigenvalue weighted by atomic mass is 16.4. The molecule has 0 amide bonds. The van der Waals surface area contributed by atoms with E-state index in [4.69, 9.17) is 10.1 Å². The number of para-hydroxylation sites is 2. The van der Waals surface area contributed by atoms with Crippen LogP contribution in [-0.2, 0) is 11.3 Å². The van der Waals surface area contributed by atoms with Crippen LogP contribution in [0.15, 0.2) is 24.3 Å². The van der Waals surface area contributed by atoms with Crippen LogP contribution in [0.25, 0.3) is 11.0 Å². The molecule has 2 N–H and O–H groups in total. The summed E-state index contributed by atoms with van der Waals surface area (Å²) in [6.45, 7) is 6.77. The van der Waals surface area contributed by atoms with Crippen molar-refractivity contribution in [2.45, 2.75) is 102 Å². The second kappa shape index (κ2) is 12.3. The quantitative estimate of drug-likeness (QED) is 0.541. The van der Waals surface area contributed by atoms with Crippen LogP contribution >= 0.6 is 0 Å². The average Bonchev–Trinajstić information content (AvgIpc) is 3.30. The summed E-state index contributed by atoms with van der Waals surface area (Å²) in [4.78, 5) is 20.5. The van der Waals surface area contributed by atoms with Crippen molar-refractivity contribution in [3.63, 3.8) is 0 Å². The van der Waals surface area contributed by atoms with Gasteiger partial charge in [-0.3, -0.25) is 14.6 Å². The maximum absolute atomic E-state index is 11.0. The smallest absolute Gasteiger partial charge is 0.317 e. The maximum atomic E-state index is 11.0. The van der Waals surface area contributed by atoms with Crippen LogP contribution in [0.1, 0.15) is 89.4 Å². The first kappa shape index (κ1) is 27.2. The SMILES string of the molecule is C1CC2CCCC(C1)C2.CC1CCC2CC(n3c(CN4CCN(CC(=O)O)CC4)nc4ccccc43)CC1N2. The molecular weight excluding hydrogens is 486 g/mol. The Balaban J connectivity index is 0.000000258. The molecule has 7 rings (SSSR count). The molecule has 0 spiro atoms. The van der Waals surface area contributed by atoms with Gasteiger partial charge in [-0.15, -0.1) is 0 Å². The molecule has 7 heteroatoms. The summed E-state index contributed by atoms with van der Waals surface area (Å²) >= 11 is 0. The minimum absolute atomic E-state index is 0.141. The minimum atomic E-state index is -0.740. The average molecular weight is 536 g/mol. The third kappa shape index (κ3) is 6.52. The van der Waals surface area contributed by atoms with Crippen LogP contribution in [0.4, 0.5) is 0 Å². The number of nitrogens with zero attached hydrogens (tertiary/aromatic N) is 4. The number of carbonyl (C=O) groups is 1. The first-order valence-electron chi connectivity index (χ1n) is 15.9. The Morgan fingerprint density at radius 2 is 1.62 bits per heavy atom. The van der Waals surface area contributed by atoms with Crippen molar-refractivity contribution in [3.05, 3.63) is 30.1 Å². The van der Waals surface area contributed by atoms with Crippen molar-refractivity contribution in [3.8, 4) is 0 Å². The molecular formula is C32H49N5O2. The van der Waals surface area contributed by atoms with Gasteiger partial charge < -0.3 is 15.0 Å². The topological polar surface area (TPSA) is 73.6 Å². The standard InChI is InChI=1S/C23H33N5O2.C9H16/c1-16-6-7-17-12-18(13-20(16)24-17)28-21-5-3-2-4-19(21)25-22(28)14-26-8-10-27(11-9-26)15-23(29)30;1-3-8-5-2-6-9(4-1)7-8/h2-5,16-18,20,24H,6-15H2,1H3,(H,29,30);8-9H,1-7H2. The molecule has 5 aliphatic rings. The van der Waals surface area contributed by atoms with Gasteiger partial charge in [0.2, 0.25) is 0 Å². The molecule has 2 saturated carbocycles. The summed E-state index contributed by atoms with van der Waals surface area (Å²) in [7, 11) is 0. The summed E-state index contributed by atoms with van der Waals surface area (Å²) in [5.41, 5.74) is 2.35. The van der Waals surface area contributed by atoms with E-state index in [0.717, 1.165) is 56.0 Å². The van der Waals surface area contributed by atoms with Gasteiger partial charge >= 0.3 is 5.97 Å². The Hall–Kier alpha value is -1.96. The fourth-order valence-corrected chi connectivity index (χ4v) is 8.36. The summed E-state index contributed by atoms with van der Waals surface area (Å²) in [6, 6.07) is 10.3. The molecule has 7 nitrogen and oxygen atoms in total. The van der Waals surface area contributed by atoms with Crippen molar-refractivity contribution in [1.82, 2.24) is 24.7 Å². The van der Waals surface area contributed by atoms with Crippen molar-refractivity contribution < 1.29 is 9.90 Å². The summed E-state index contributed by atoms with van der Waals surface area (Å²) in [5, 5.41) is 12.9. The second-order valence-electron chi connectivity index (χ2n) is 13.3. The second-order valence-corrected chi connectivity index (χ2v) is 13.3. The number of fused-ring (bicyclic) bond motifs is 5. The number of aliphatic carboxylic acids is 1. The van der Waals surface area contributed by atoms with Crippen LogP contribution < -0.4 is 5.32 Å². The van der Waals surface area contributed by atoms with E-state index in [1.54, 1.807) is 32.1 Å². The Bertz CT molecular complexity index is 1090. The number of rotatable bonds is 5. The molecule has 3 saturated heterocycles. The van der Waals surface area contributed by atoms with Crippen molar-refractivity contribution >= 4 is 17.0 Å². The van der Waals surface area contributed by atoms with Crippen molar-refractivity contribution in [2.24, 2.45) is 17.8 Å². The molecule has 1 aromatic carbocycles. The van der Waals surface area contributed by atoms with E-state index in [-0.39, 0.29) is 6.54 Å². The fourth-order valence-electron chi connectivity index (χ4n) is 8.36. The van der Waals surface area contributed by atoms with E-state index in [0.29, 0.717) is 18.1 Å². The lowest BCUT2D eigenvalue weighted by Gasteiger charge is -2.44. The molecule has 0 radical (unpaired) electrons. The summed E-state index contributed by atoms with van der Waals surface area (Å²) in [6.07, 6.45) is 15.8. The molecule has 2 aromatic rings. The molecule has 4 bridgehead atoms. The predicted octanol–water partition coefficient (Wildman–Crippen LogP) is 5.31. The van der Waals surface area contributed by atoms with Crippen LogP contribution in [-0.4, -0.2) is 75.2 Å². The fraction of sp³-hybridized carbons (Fsp3) is 0.750. The third-order valence-corrected chi connectivity index (χ3v) is 10.5. The van der Waals surface area contributed by atoms with Gasteiger partial charge in [0.25, 0.3) is 0 Å². The van der Waals surface area contributed by atoms with E-state index in [1.165, 1.54) is 49.9 Å². The van der Waals surface area contributed by atoms with Gasteiger partial charge in [-0.1, -0.05) is 57.6 Å². The van der Waals surface area contributed by atoms with Crippen LogP contribution in [0.5, 0.6) is 0 Å². The molecule has 4 unspecified atom stereocenters. The maximum Gasteiger partial charge on any atom is 0.317 e. The highest BCUT2D eigenvalue weighted by Crippen LogP contribution is 2.40. The molecule has 39 heavy (non-hydrogen) atoms. The third-order valence-electron chi connectivity index (χ3n) is 10.5. The molecule has 5 fully saturated rings. The molecule has 2 aliphatic carbocycles. The lowest BCUT2D eigenvalue weighted by Crippen LogP contribution is -2.52. The van der Waals surface area contributed by atoms with Gasteiger partial charge in [0.15, 0.2) is 0 Å². The predicted molar refractivity (Wildman–Crippen MR) is 156 cm³/mol. The van der Waals surface area contributed by atoms with Crippen LogP contribution in [0.3, 0.4) is 0 Å². The molecule has 1 aromatic heterocycles. The number of hydrogen-bond donors (Lipinski definition) is 2. The normalized spacial score (nSPS) is 33.4. The van der Waals surface area contributed by atoms with E-state index >= 15 is 0 Å². The lowest BCUT2D eigenvalue weighted by molar-refractivity contribution is -0.138. The van der Waals surface area contributed by atoms with E-state index < -0.39 is 5.97 Å². The number of aromatic nitrogens is 2. The van der Waals surface area contributed by atoms with Gasteiger partial charge in [-0.2, -0.15) is 0 Å². The van der Waals surface area contributed by atoms with Crippen molar-refractivity contribution in [2.75, 3.05) is 32.7 Å². The molecule has 3 aliphatic heterocycles. The Morgan fingerprint density at radius 1 is 0.923 bits per heavy atom. The Labute approximate surface area is 234 Å². The van der Waals surface area contributed by atoms with Crippen LogP contribution in [0, 0.1) is 17.8 Å². The van der Waals surface area contributed by atoms with Gasteiger partial charge in [0, 0.05) is 44.3 Å². The summed E-state index contributed by atoms with van der Waals surface area (Å²) < 4.78 is 2.54. The van der Waals surface area contributed by atoms with Gasteiger partial charge in [-0.05, 0) is 62.0 Å². The Morgan fingerprint density at radius 3 is 2.31 bits per heavy atom.